The average Bonchev–Trinajstić information content (AvgIpc) is 3.21. The third-order valence-electron chi connectivity index (χ3n) is 4.15. The topological polar surface area (TPSA) is 134 Å². The summed E-state index contributed by atoms with van der Waals surface area (Å²) in [4.78, 5) is 17.1. The summed E-state index contributed by atoms with van der Waals surface area (Å²) < 4.78 is 16.0. The number of hydrogen-bond donors (Lipinski definition) is 2. The molecule has 0 atom stereocenters. The maximum Gasteiger partial charge on any atom is 0.261 e. The Bertz CT molecular complexity index is 1150. The molecule has 0 aliphatic carbocycles. The first-order chi connectivity index (χ1) is 14.6. The van der Waals surface area contributed by atoms with Gasteiger partial charge >= 0.3 is 0 Å². The van der Waals surface area contributed by atoms with E-state index in [0.29, 0.717) is 40.6 Å². The number of para-hydroxylation sites is 1. The van der Waals surface area contributed by atoms with Gasteiger partial charge < -0.3 is 25.0 Å². The van der Waals surface area contributed by atoms with Crippen LogP contribution in [0.3, 0.4) is 0 Å². The Morgan fingerprint density at radius 2 is 1.77 bits per heavy atom. The fourth-order valence-corrected chi connectivity index (χ4v) is 2.78. The molecule has 4 aromatic rings. The molecule has 30 heavy (non-hydrogen) atoms. The van der Waals surface area contributed by atoms with Crippen molar-refractivity contribution in [3.05, 3.63) is 60.2 Å². The lowest BCUT2D eigenvalue weighted by Crippen LogP contribution is -2.08. The number of anilines is 3. The van der Waals surface area contributed by atoms with E-state index in [1.165, 1.54) is 0 Å². The number of nitrogens with two attached hydrogens (primary N) is 1. The quantitative estimate of drug-likeness (QED) is 0.472. The fourth-order valence-electron chi connectivity index (χ4n) is 2.78. The van der Waals surface area contributed by atoms with E-state index in [9.17, 15) is 0 Å². The summed E-state index contributed by atoms with van der Waals surface area (Å²) in [7, 11) is 3.14. The van der Waals surface area contributed by atoms with Crippen LogP contribution in [0.4, 0.5) is 17.6 Å². The van der Waals surface area contributed by atoms with Crippen molar-refractivity contribution < 1.29 is 14.0 Å². The lowest BCUT2D eigenvalue weighted by Gasteiger charge is -2.07. The van der Waals surface area contributed by atoms with E-state index in [4.69, 9.17) is 19.7 Å². The smallest absolute Gasteiger partial charge is 0.261 e. The first kappa shape index (κ1) is 19.1. The predicted octanol–water partition coefficient (Wildman–Crippen LogP) is 2.86. The van der Waals surface area contributed by atoms with Crippen molar-refractivity contribution in [2.75, 3.05) is 25.3 Å². The summed E-state index contributed by atoms with van der Waals surface area (Å²) in [5.41, 5.74) is 7.32. The van der Waals surface area contributed by atoms with Gasteiger partial charge in [0, 0.05) is 11.8 Å². The highest BCUT2D eigenvalue weighted by Gasteiger charge is 2.16. The number of aromatic nitrogens is 5. The van der Waals surface area contributed by atoms with Crippen LogP contribution in [-0.4, -0.2) is 39.3 Å². The molecule has 0 saturated carbocycles. The molecule has 2 aromatic heterocycles. The third kappa shape index (κ3) is 4.27. The second-order valence-corrected chi connectivity index (χ2v) is 6.18. The number of hydrogen-bond acceptors (Lipinski definition) is 10. The van der Waals surface area contributed by atoms with E-state index in [0.717, 1.165) is 5.69 Å². The Labute approximate surface area is 172 Å². The second-order valence-electron chi connectivity index (χ2n) is 6.18. The molecule has 0 spiro atoms. The van der Waals surface area contributed by atoms with E-state index >= 15 is 0 Å². The van der Waals surface area contributed by atoms with Gasteiger partial charge in [0.2, 0.25) is 11.9 Å². The monoisotopic (exact) mass is 405 g/mol. The van der Waals surface area contributed by atoms with Crippen LogP contribution in [0.2, 0.25) is 0 Å². The van der Waals surface area contributed by atoms with Gasteiger partial charge in [0.05, 0.1) is 26.2 Å². The molecule has 0 amide bonds. The summed E-state index contributed by atoms with van der Waals surface area (Å²) in [6.45, 7) is 0. The highest BCUT2D eigenvalue weighted by molar-refractivity contribution is 5.64. The van der Waals surface area contributed by atoms with Gasteiger partial charge in [0.25, 0.3) is 5.89 Å². The maximum absolute atomic E-state index is 5.83. The number of nitrogens with zero attached hydrogens (tertiary/aromatic N) is 5. The fraction of sp³-hybridized carbons (Fsp3) is 0.150. The summed E-state index contributed by atoms with van der Waals surface area (Å²) in [6.07, 6.45) is 0.220. The lowest BCUT2D eigenvalue weighted by atomic mass is 10.2. The van der Waals surface area contributed by atoms with Crippen molar-refractivity contribution in [3.8, 4) is 23.0 Å². The minimum atomic E-state index is 0.0963. The molecule has 10 heteroatoms. The van der Waals surface area contributed by atoms with Gasteiger partial charge in [-0.2, -0.15) is 19.9 Å². The molecule has 0 bridgehead atoms. The molecule has 0 aliphatic heterocycles. The summed E-state index contributed by atoms with van der Waals surface area (Å²) in [6, 6.07) is 14.8. The molecule has 0 aliphatic rings. The van der Waals surface area contributed by atoms with E-state index < -0.39 is 0 Å². The Balaban J connectivity index is 1.55. The van der Waals surface area contributed by atoms with Crippen LogP contribution in [0, 0.1) is 0 Å². The highest BCUT2D eigenvalue weighted by Crippen LogP contribution is 2.32. The average molecular weight is 405 g/mol. The first-order valence-electron chi connectivity index (χ1n) is 9.02. The molecule has 10 nitrogen and oxygen atoms in total. The third-order valence-corrected chi connectivity index (χ3v) is 4.15. The van der Waals surface area contributed by atoms with Crippen molar-refractivity contribution >= 4 is 17.6 Å². The zero-order valence-corrected chi connectivity index (χ0v) is 16.4. The van der Waals surface area contributed by atoms with Crippen LogP contribution in [0.5, 0.6) is 11.5 Å². The lowest BCUT2D eigenvalue weighted by molar-refractivity contribution is 0.390. The Kier molecular flexibility index (Phi) is 5.37. The van der Waals surface area contributed by atoms with Crippen molar-refractivity contribution in [1.29, 1.82) is 0 Å². The molecule has 4 rings (SSSR count). The van der Waals surface area contributed by atoms with Crippen LogP contribution in [0.1, 0.15) is 11.6 Å². The molecule has 2 heterocycles. The summed E-state index contributed by atoms with van der Waals surface area (Å²) in [5, 5.41) is 7.11. The molecular weight excluding hydrogens is 386 g/mol. The highest BCUT2D eigenvalue weighted by atomic mass is 16.5. The molecule has 2 aromatic carbocycles. The molecule has 0 radical (unpaired) electrons. The molecule has 0 unspecified atom stereocenters. The maximum atomic E-state index is 5.83. The van der Waals surface area contributed by atoms with E-state index in [2.05, 4.69) is 30.4 Å². The molecule has 152 valence electrons. The Morgan fingerprint density at radius 3 is 2.53 bits per heavy atom. The first-order valence-corrected chi connectivity index (χ1v) is 9.02. The van der Waals surface area contributed by atoms with Crippen LogP contribution in [-0.2, 0) is 6.42 Å². The zero-order chi connectivity index (χ0) is 20.9. The molecule has 3 N–H and O–H groups in total. The van der Waals surface area contributed by atoms with Crippen molar-refractivity contribution in [2.24, 2.45) is 0 Å². The molecule has 0 fully saturated rings. The van der Waals surface area contributed by atoms with Crippen LogP contribution in [0.15, 0.2) is 53.1 Å². The number of ether oxygens (including phenoxy) is 2. The standard InChI is InChI=1S/C20H19N7O3/c1-28-13-8-9-14(15(10-13)29-2)18-23-17(27-30-18)11-16-24-19(21)26-20(25-16)22-12-6-4-3-5-7-12/h3-10H,11H2,1-2H3,(H3,21,22,24,25,26). The van der Waals surface area contributed by atoms with Crippen molar-refractivity contribution in [1.82, 2.24) is 25.1 Å². The van der Waals surface area contributed by atoms with Gasteiger partial charge in [-0.15, -0.1) is 0 Å². The largest absolute Gasteiger partial charge is 0.497 e. The number of nitrogen functional groups attached to an aromatic ring is 1. The minimum absolute atomic E-state index is 0.0963. The van der Waals surface area contributed by atoms with Gasteiger partial charge in [-0.05, 0) is 24.3 Å². The molecule has 0 saturated heterocycles. The SMILES string of the molecule is COc1ccc(-c2nc(Cc3nc(N)nc(Nc4ccccc4)n3)no2)c(OC)c1. The zero-order valence-electron chi connectivity index (χ0n) is 16.4. The van der Waals surface area contributed by atoms with Gasteiger partial charge in [0.1, 0.15) is 17.3 Å². The van der Waals surface area contributed by atoms with Crippen LogP contribution >= 0.6 is 0 Å². The van der Waals surface area contributed by atoms with Crippen LogP contribution in [0.25, 0.3) is 11.5 Å². The summed E-state index contributed by atoms with van der Waals surface area (Å²) in [5.74, 6) is 2.78. The van der Waals surface area contributed by atoms with Crippen molar-refractivity contribution in [2.45, 2.75) is 6.42 Å². The van der Waals surface area contributed by atoms with Gasteiger partial charge in [-0.1, -0.05) is 23.4 Å². The van der Waals surface area contributed by atoms with E-state index in [1.807, 2.05) is 30.3 Å². The normalized spacial score (nSPS) is 10.6. The Hall–Kier alpha value is -4.21. The molecular formula is C20H19N7O3. The number of nitrogens with one attached hydrogen (secondary N) is 1. The van der Waals surface area contributed by atoms with Crippen LogP contribution < -0.4 is 20.5 Å². The second kappa shape index (κ2) is 8.43. The van der Waals surface area contributed by atoms with E-state index in [-0.39, 0.29) is 12.4 Å². The van der Waals surface area contributed by atoms with Crippen molar-refractivity contribution in [3.63, 3.8) is 0 Å². The van der Waals surface area contributed by atoms with E-state index in [1.54, 1.807) is 32.4 Å². The number of rotatable bonds is 7. The van der Waals surface area contributed by atoms with Gasteiger partial charge in [-0.25, -0.2) is 0 Å². The van der Waals surface area contributed by atoms with Gasteiger partial charge in [-0.3, -0.25) is 0 Å². The number of methoxy groups -OCH3 is 2. The van der Waals surface area contributed by atoms with Gasteiger partial charge in [0.15, 0.2) is 5.82 Å². The predicted molar refractivity (Wildman–Crippen MR) is 110 cm³/mol. The minimum Gasteiger partial charge on any atom is -0.497 e. The number of benzene rings is 2. The Morgan fingerprint density at radius 1 is 0.933 bits per heavy atom. The summed E-state index contributed by atoms with van der Waals surface area (Å²) >= 11 is 0.